The zero-order chi connectivity index (χ0) is 19.6. The van der Waals surface area contributed by atoms with E-state index in [1.165, 1.54) is 0 Å². The van der Waals surface area contributed by atoms with E-state index in [1.807, 2.05) is 25.1 Å². The normalized spacial score (nSPS) is 27.3. The van der Waals surface area contributed by atoms with E-state index >= 15 is 0 Å². The Morgan fingerprint density at radius 3 is 2.52 bits per heavy atom. The number of rotatable bonds is 7. The number of amides is 2. The van der Waals surface area contributed by atoms with Crippen LogP contribution in [0.2, 0.25) is 0 Å². The van der Waals surface area contributed by atoms with Crippen LogP contribution in [0, 0.1) is 0 Å². The molecule has 3 atom stereocenters. The summed E-state index contributed by atoms with van der Waals surface area (Å²) in [6, 6.07) is 9.50. The van der Waals surface area contributed by atoms with Crippen molar-refractivity contribution in [3.8, 4) is 0 Å². The van der Waals surface area contributed by atoms with Crippen molar-refractivity contribution in [3.05, 3.63) is 35.9 Å². The Morgan fingerprint density at radius 2 is 1.93 bits per heavy atom. The van der Waals surface area contributed by atoms with Crippen LogP contribution in [0.5, 0.6) is 0 Å². The van der Waals surface area contributed by atoms with E-state index in [1.54, 1.807) is 23.6 Å². The molecule has 7 nitrogen and oxygen atoms in total. The van der Waals surface area contributed by atoms with Crippen molar-refractivity contribution >= 4 is 12.0 Å². The fourth-order valence-corrected chi connectivity index (χ4v) is 4.12. The first-order valence-electron chi connectivity index (χ1n) is 9.43. The highest BCUT2D eigenvalue weighted by molar-refractivity contribution is 5.89. The van der Waals surface area contributed by atoms with Gasteiger partial charge >= 0.3 is 6.09 Å². The topological polar surface area (TPSA) is 79.3 Å². The first kappa shape index (κ1) is 19.6. The highest BCUT2D eigenvalue weighted by atomic mass is 16.6. The molecule has 2 heterocycles. The number of aliphatic hydroxyl groups is 1. The third kappa shape index (κ3) is 3.80. The zero-order valence-electron chi connectivity index (χ0n) is 16.1. The molecule has 2 aliphatic rings. The van der Waals surface area contributed by atoms with E-state index in [9.17, 15) is 9.59 Å². The third-order valence-corrected chi connectivity index (χ3v) is 5.48. The van der Waals surface area contributed by atoms with E-state index < -0.39 is 17.9 Å². The Hall–Kier alpha value is -2.12. The maximum atomic E-state index is 13.2. The van der Waals surface area contributed by atoms with Gasteiger partial charge in [-0.15, -0.1) is 0 Å². The lowest BCUT2D eigenvalue weighted by molar-refractivity contribution is -0.195. The van der Waals surface area contributed by atoms with E-state index in [2.05, 4.69) is 12.1 Å². The number of aliphatic hydroxyl groups excluding tert-OH is 1. The lowest BCUT2D eigenvalue weighted by atomic mass is 9.80. The van der Waals surface area contributed by atoms with Crippen LogP contribution in [0.25, 0.3) is 0 Å². The number of hydrogen-bond donors (Lipinski definition) is 1. The van der Waals surface area contributed by atoms with E-state index in [-0.39, 0.29) is 31.1 Å². The van der Waals surface area contributed by atoms with E-state index in [4.69, 9.17) is 14.6 Å². The van der Waals surface area contributed by atoms with Gasteiger partial charge in [0.15, 0.2) is 5.72 Å². The molecular weight excluding hydrogens is 348 g/mol. The second kappa shape index (κ2) is 7.86. The van der Waals surface area contributed by atoms with Crippen LogP contribution < -0.4 is 0 Å². The van der Waals surface area contributed by atoms with Crippen molar-refractivity contribution in [2.24, 2.45) is 0 Å². The van der Waals surface area contributed by atoms with Crippen LogP contribution >= 0.6 is 0 Å². The van der Waals surface area contributed by atoms with E-state index in [0.717, 1.165) is 5.56 Å². The average molecular weight is 376 g/mol. The molecule has 0 spiro atoms. The van der Waals surface area contributed by atoms with Gasteiger partial charge in [-0.3, -0.25) is 9.69 Å². The number of cyclic esters (lactones) is 1. The van der Waals surface area contributed by atoms with Crippen molar-refractivity contribution in [3.63, 3.8) is 0 Å². The average Bonchev–Trinajstić information content (AvgIpc) is 2.63. The molecule has 7 heteroatoms. The Balaban J connectivity index is 1.85. The number of carbonyl (C=O) groups excluding carboxylic acids is 2. The van der Waals surface area contributed by atoms with Gasteiger partial charge in [-0.25, -0.2) is 4.79 Å². The summed E-state index contributed by atoms with van der Waals surface area (Å²) in [6.07, 6.45) is 0.118. The van der Waals surface area contributed by atoms with Crippen molar-refractivity contribution < 1.29 is 24.2 Å². The van der Waals surface area contributed by atoms with Gasteiger partial charge in [-0.2, -0.15) is 0 Å². The van der Waals surface area contributed by atoms with E-state index in [0.29, 0.717) is 19.6 Å². The zero-order valence-corrected chi connectivity index (χ0v) is 16.1. The maximum Gasteiger partial charge on any atom is 0.415 e. The van der Waals surface area contributed by atoms with Crippen LogP contribution in [-0.4, -0.2) is 71.1 Å². The van der Waals surface area contributed by atoms with Crippen molar-refractivity contribution in [1.29, 1.82) is 0 Å². The molecule has 1 N–H and O–H groups in total. The molecule has 148 valence electrons. The summed E-state index contributed by atoms with van der Waals surface area (Å²) in [6.45, 7) is 6.59. The summed E-state index contributed by atoms with van der Waals surface area (Å²) in [5.41, 5.74) is 0.369. The molecule has 0 bridgehead atoms. The molecule has 1 aromatic carbocycles. The number of benzene rings is 1. The molecule has 0 aliphatic carbocycles. The van der Waals surface area contributed by atoms with Gasteiger partial charge in [0.1, 0.15) is 6.04 Å². The molecule has 2 fully saturated rings. The summed E-state index contributed by atoms with van der Waals surface area (Å²) < 4.78 is 10.6. The molecule has 2 saturated heterocycles. The Kier molecular flexibility index (Phi) is 5.72. The predicted molar refractivity (Wildman–Crippen MR) is 99.1 cm³/mol. The van der Waals surface area contributed by atoms with Gasteiger partial charge < -0.3 is 19.5 Å². The van der Waals surface area contributed by atoms with Gasteiger partial charge in [-0.1, -0.05) is 30.3 Å². The summed E-state index contributed by atoms with van der Waals surface area (Å²) >= 11 is 0. The number of nitrogens with zero attached hydrogens (tertiary/aromatic N) is 2. The number of piperidine rings is 1. The largest absolute Gasteiger partial charge is 0.423 e. The lowest BCUT2D eigenvalue weighted by Crippen LogP contribution is -2.71. The molecule has 1 aromatic rings. The second-order valence-electron chi connectivity index (χ2n) is 7.56. The summed E-state index contributed by atoms with van der Waals surface area (Å²) in [7, 11) is 0. The first-order valence-corrected chi connectivity index (χ1v) is 9.43. The highest BCUT2D eigenvalue weighted by Gasteiger charge is 2.55. The Bertz CT molecular complexity index is 678. The molecule has 0 aromatic heterocycles. The van der Waals surface area contributed by atoms with Crippen LogP contribution in [-0.2, 0) is 14.3 Å². The summed E-state index contributed by atoms with van der Waals surface area (Å²) in [5, 5.41) is 8.88. The molecule has 0 saturated carbocycles. The minimum Gasteiger partial charge on any atom is -0.423 e. The molecular formula is C20H28N2O5. The Morgan fingerprint density at radius 1 is 1.22 bits per heavy atom. The van der Waals surface area contributed by atoms with Crippen LogP contribution in [0.1, 0.15) is 38.7 Å². The second-order valence-corrected chi connectivity index (χ2v) is 7.56. The van der Waals surface area contributed by atoms with Crippen molar-refractivity contribution in [2.75, 3.05) is 26.4 Å². The number of carbonyl (C=O) groups is 2. The third-order valence-electron chi connectivity index (χ3n) is 5.48. The first-order chi connectivity index (χ1) is 12.9. The minimum absolute atomic E-state index is 0.0192. The number of ether oxygens (including phenoxy) is 2. The molecule has 3 rings (SSSR count). The van der Waals surface area contributed by atoms with Gasteiger partial charge in [0.2, 0.25) is 5.91 Å². The molecule has 2 aliphatic heterocycles. The fraction of sp³-hybridized carbons (Fsp3) is 0.600. The summed E-state index contributed by atoms with van der Waals surface area (Å²) in [4.78, 5) is 28.7. The fourth-order valence-electron chi connectivity index (χ4n) is 4.12. The minimum atomic E-state index is -0.779. The molecule has 2 amide bonds. The highest BCUT2D eigenvalue weighted by Crippen LogP contribution is 2.40. The summed E-state index contributed by atoms with van der Waals surface area (Å²) in [5.74, 6) is 0.0305. The van der Waals surface area contributed by atoms with Crippen LogP contribution in [0.4, 0.5) is 4.79 Å². The quantitative estimate of drug-likeness (QED) is 0.736. The van der Waals surface area contributed by atoms with Crippen molar-refractivity contribution in [1.82, 2.24) is 9.80 Å². The monoisotopic (exact) mass is 376 g/mol. The standard InChI is InChI=1S/C20H28N2O5/c1-14-16(15-7-5-4-6-8-15)13-17(22-19(25)27-20(22,2)3)18(24)21(14)9-11-26-12-10-23/h4-8,14,16-17,23H,9-13H2,1-3H3. The van der Waals surface area contributed by atoms with Gasteiger partial charge in [0.25, 0.3) is 0 Å². The van der Waals surface area contributed by atoms with Gasteiger partial charge in [-0.05, 0) is 32.8 Å². The van der Waals surface area contributed by atoms with Crippen molar-refractivity contribution in [2.45, 2.75) is 50.9 Å². The van der Waals surface area contributed by atoms with Crippen LogP contribution in [0.3, 0.4) is 0 Å². The molecule has 27 heavy (non-hydrogen) atoms. The van der Waals surface area contributed by atoms with Gasteiger partial charge in [0, 0.05) is 18.5 Å². The SMILES string of the molecule is CC1C(c2ccccc2)CC(N2C(=O)OC2(C)C)C(=O)N1CCOCCO. The molecule has 0 radical (unpaired) electrons. The van der Waals surface area contributed by atoms with Crippen LogP contribution in [0.15, 0.2) is 30.3 Å². The Labute approximate surface area is 159 Å². The smallest absolute Gasteiger partial charge is 0.415 e. The lowest BCUT2D eigenvalue weighted by Gasteiger charge is -2.54. The predicted octanol–water partition coefficient (Wildman–Crippen LogP) is 1.96. The number of hydrogen-bond acceptors (Lipinski definition) is 5. The molecule has 3 unspecified atom stereocenters. The van der Waals surface area contributed by atoms with Gasteiger partial charge in [0.05, 0.1) is 19.8 Å². The maximum absolute atomic E-state index is 13.2. The number of likely N-dealkylation sites (tertiary alicyclic amines) is 1.